The van der Waals surface area contributed by atoms with Gasteiger partial charge < -0.3 is 10.0 Å². The number of rotatable bonds is 1. The fraction of sp³-hybridized carbons (Fsp3) is 0.143. The molecule has 0 unspecified atom stereocenters. The summed E-state index contributed by atoms with van der Waals surface area (Å²) in [6.45, 7) is -2.82. The van der Waals surface area contributed by atoms with Crippen LogP contribution in [0, 0.1) is 6.85 Å². The molecule has 0 aromatic heterocycles. The highest BCUT2D eigenvalue weighted by Crippen LogP contribution is 2.07. The molecule has 0 atom stereocenters. The number of halogens is 1. The average Bonchev–Trinajstić information content (AvgIpc) is 2.17. The van der Waals surface area contributed by atoms with E-state index < -0.39 is 48.1 Å². The molecule has 1 aromatic carbocycles. The Balaban J connectivity index is 3.79. The van der Waals surface area contributed by atoms with Crippen molar-refractivity contribution in [3.05, 3.63) is 28.7 Å². The molecular formula is C7H8BClO2. The molecule has 0 heterocycles. The summed E-state index contributed by atoms with van der Waals surface area (Å²) in [5.74, 6) is 0. The molecule has 0 aliphatic carbocycles. The fourth-order valence-electron chi connectivity index (χ4n) is 0.587. The van der Waals surface area contributed by atoms with Gasteiger partial charge in [-0.3, -0.25) is 0 Å². The van der Waals surface area contributed by atoms with Gasteiger partial charge in [0.1, 0.15) is 0 Å². The van der Waals surface area contributed by atoms with Gasteiger partial charge in [0.05, 0.1) is 4.11 Å². The van der Waals surface area contributed by atoms with Gasteiger partial charge in [-0.15, -0.1) is 0 Å². The zero-order valence-electron chi connectivity index (χ0n) is 11.3. The van der Waals surface area contributed by atoms with Crippen molar-refractivity contribution in [2.75, 3.05) is 0 Å². The van der Waals surface area contributed by atoms with E-state index in [0.29, 0.717) is 0 Å². The van der Waals surface area contributed by atoms with Crippen molar-refractivity contribution in [1.82, 2.24) is 0 Å². The molecule has 58 valence electrons. The van der Waals surface area contributed by atoms with Gasteiger partial charge in [-0.2, -0.15) is 0 Å². The second-order valence-corrected chi connectivity index (χ2v) is 2.23. The van der Waals surface area contributed by atoms with E-state index in [1.54, 1.807) is 0 Å². The summed E-state index contributed by atoms with van der Waals surface area (Å²) in [6.07, 6.45) is 0. The Bertz CT molecular complexity index is 461. The predicted octanol–water partition coefficient (Wildman–Crippen LogP) is 0.328. The number of benzene rings is 1. The lowest BCUT2D eigenvalue weighted by atomic mass is 9.77. The summed E-state index contributed by atoms with van der Waals surface area (Å²) in [4.78, 5) is 0. The molecule has 0 radical (unpaired) electrons. The Kier molecular flexibility index (Phi) is 1.03. The van der Waals surface area contributed by atoms with Crippen LogP contribution in [0.4, 0.5) is 0 Å². The molecule has 4 heteroatoms. The van der Waals surface area contributed by atoms with Crippen molar-refractivity contribution in [3.8, 4) is 0 Å². The van der Waals surface area contributed by atoms with Crippen LogP contribution in [-0.2, 0) is 0 Å². The Morgan fingerprint density at radius 2 is 2.36 bits per heavy atom. The first kappa shape index (κ1) is 3.48. The minimum Gasteiger partial charge on any atom is -0.423 e. The standard InChI is InChI=1S/C7H8BClO2/c1-5-4-6(9)2-3-7(5)8(10)11/h2-4,10-11H,1H3/i1D3,2D,3D,4D. The molecule has 0 fully saturated rings. The highest BCUT2D eigenvalue weighted by atomic mass is 35.5. The van der Waals surface area contributed by atoms with Gasteiger partial charge >= 0.3 is 7.12 Å². The Hall–Kier alpha value is -0.505. The summed E-state index contributed by atoms with van der Waals surface area (Å²) in [7, 11) is -2.25. The van der Waals surface area contributed by atoms with Gasteiger partial charge in [-0.25, -0.2) is 0 Å². The van der Waals surface area contributed by atoms with E-state index >= 15 is 0 Å². The van der Waals surface area contributed by atoms with E-state index in [9.17, 15) is 0 Å². The van der Waals surface area contributed by atoms with Crippen LogP contribution in [0.3, 0.4) is 0 Å². The van der Waals surface area contributed by atoms with Gasteiger partial charge in [-0.05, 0) is 30.0 Å². The number of hydrogen-bond donors (Lipinski definition) is 2. The van der Waals surface area contributed by atoms with Crippen LogP contribution in [0.5, 0.6) is 0 Å². The van der Waals surface area contributed by atoms with Crippen molar-refractivity contribution in [3.63, 3.8) is 0 Å². The lowest BCUT2D eigenvalue weighted by Crippen LogP contribution is -2.31. The van der Waals surface area contributed by atoms with E-state index in [2.05, 4.69) is 0 Å². The minimum atomic E-state index is -2.82. The zero-order valence-corrected chi connectivity index (χ0v) is 6.11. The van der Waals surface area contributed by atoms with Crippen molar-refractivity contribution < 1.29 is 18.3 Å². The topological polar surface area (TPSA) is 40.5 Å². The first-order valence-corrected chi connectivity index (χ1v) is 3.12. The van der Waals surface area contributed by atoms with Crippen LogP contribution < -0.4 is 5.46 Å². The summed E-state index contributed by atoms with van der Waals surface area (Å²) in [5, 5.41) is 17.6. The van der Waals surface area contributed by atoms with E-state index in [-0.39, 0.29) is 0 Å². The Morgan fingerprint density at radius 1 is 1.64 bits per heavy atom. The highest BCUT2D eigenvalue weighted by Gasteiger charge is 2.12. The van der Waals surface area contributed by atoms with Gasteiger partial charge in [0.25, 0.3) is 0 Å². The summed E-state index contributed by atoms with van der Waals surface area (Å²) in [6, 6.07) is -1.99. The molecule has 0 saturated heterocycles. The second kappa shape index (κ2) is 3.26. The maximum atomic E-state index is 9.06. The van der Waals surface area contributed by atoms with Crippen LogP contribution in [-0.4, -0.2) is 17.2 Å². The number of hydrogen-bond acceptors (Lipinski definition) is 2. The molecule has 1 rings (SSSR count). The first-order chi connectivity index (χ1) is 7.59. The highest BCUT2D eigenvalue weighted by molar-refractivity contribution is 6.59. The molecule has 1 aromatic rings. The fourth-order valence-corrected chi connectivity index (χ4v) is 0.728. The molecule has 0 spiro atoms. The van der Waals surface area contributed by atoms with E-state index in [1.165, 1.54) is 0 Å². The van der Waals surface area contributed by atoms with Crippen LogP contribution >= 0.6 is 11.6 Å². The van der Waals surface area contributed by atoms with Gasteiger partial charge in [0.15, 0.2) is 0 Å². The molecule has 0 amide bonds. The molecular weight excluding hydrogens is 162 g/mol. The van der Waals surface area contributed by atoms with Crippen molar-refractivity contribution in [1.29, 1.82) is 0 Å². The minimum absolute atomic E-state index is 0.495. The zero-order chi connectivity index (χ0) is 13.5. The first-order valence-electron chi connectivity index (χ1n) is 5.74. The normalized spacial score (nSPS) is 18.8. The summed E-state index contributed by atoms with van der Waals surface area (Å²) >= 11 is 5.56. The van der Waals surface area contributed by atoms with Crippen LogP contribution in [0.1, 0.15) is 13.8 Å². The second-order valence-electron chi connectivity index (χ2n) is 1.85. The maximum Gasteiger partial charge on any atom is 0.488 e. The molecule has 0 aliphatic rings. The molecule has 11 heavy (non-hydrogen) atoms. The maximum absolute atomic E-state index is 9.06. The smallest absolute Gasteiger partial charge is 0.423 e. The molecule has 2 N–H and O–H groups in total. The van der Waals surface area contributed by atoms with E-state index in [1.807, 2.05) is 0 Å². The van der Waals surface area contributed by atoms with Gasteiger partial charge in [-0.1, -0.05) is 17.6 Å². The van der Waals surface area contributed by atoms with Crippen molar-refractivity contribution in [2.24, 2.45) is 0 Å². The third-order valence-corrected chi connectivity index (χ3v) is 1.26. The predicted molar refractivity (Wildman–Crippen MR) is 46.0 cm³/mol. The summed E-state index contributed by atoms with van der Waals surface area (Å²) < 4.78 is 43.9. The molecule has 2 nitrogen and oxygen atoms in total. The quantitative estimate of drug-likeness (QED) is 0.606. The monoisotopic (exact) mass is 176 g/mol. The Morgan fingerprint density at radius 3 is 2.91 bits per heavy atom. The largest absolute Gasteiger partial charge is 0.488 e. The van der Waals surface area contributed by atoms with Crippen molar-refractivity contribution >= 4 is 24.2 Å². The Labute approximate surface area is 79.0 Å². The van der Waals surface area contributed by atoms with E-state index in [4.69, 9.17) is 29.9 Å². The van der Waals surface area contributed by atoms with Crippen molar-refractivity contribution in [2.45, 2.75) is 6.85 Å². The molecule has 0 bridgehead atoms. The lowest BCUT2D eigenvalue weighted by Gasteiger charge is -2.03. The SMILES string of the molecule is [2H]c1c([2H])c(B(O)O)c(C([2H])([2H])[2H])c([2H])c1Cl. The van der Waals surface area contributed by atoms with Gasteiger partial charge in [0, 0.05) is 9.13 Å². The summed E-state index contributed by atoms with van der Waals surface area (Å²) in [5.41, 5.74) is -1.39. The average molecular weight is 176 g/mol. The molecule has 0 saturated carbocycles. The third-order valence-electron chi connectivity index (χ3n) is 1.07. The molecule has 0 aliphatic heterocycles. The van der Waals surface area contributed by atoms with Gasteiger partial charge in [0.2, 0.25) is 0 Å². The van der Waals surface area contributed by atoms with Crippen LogP contribution in [0.2, 0.25) is 5.02 Å². The van der Waals surface area contributed by atoms with E-state index in [0.717, 1.165) is 0 Å². The van der Waals surface area contributed by atoms with Crippen LogP contribution in [0.15, 0.2) is 18.1 Å². The third kappa shape index (κ3) is 1.96. The lowest BCUT2D eigenvalue weighted by molar-refractivity contribution is 0.425. The van der Waals surface area contributed by atoms with Crippen LogP contribution in [0.25, 0.3) is 0 Å².